The van der Waals surface area contributed by atoms with Crippen molar-refractivity contribution in [2.24, 2.45) is 0 Å². The van der Waals surface area contributed by atoms with Gasteiger partial charge in [-0.1, -0.05) is 11.3 Å². The summed E-state index contributed by atoms with van der Waals surface area (Å²) >= 11 is 4.01. The third kappa shape index (κ3) is 4.40. The molecule has 0 saturated carbocycles. The van der Waals surface area contributed by atoms with Crippen LogP contribution in [0, 0.1) is 0 Å². The van der Waals surface area contributed by atoms with E-state index in [-0.39, 0.29) is 9.96 Å². The number of carbonyl (C=O) groups is 2. The number of sulfonamides is 1. The molecule has 118 valence electrons. The predicted octanol–water partition coefficient (Wildman–Crippen LogP) is 1.45. The van der Waals surface area contributed by atoms with Gasteiger partial charge in [-0.3, -0.25) is 4.79 Å². The summed E-state index contributed by atoms with van der Waals surface area (Å²) in [6.07, 6.45) is -1.04. The number of likely N-dealkylation sites (N-methyl/N-ethyl adjacent to an activating group) is 1. The third-order valence-electron chi connectivity index (χ3n) is 2.25. The van der Waals surface area contributed by atoms with Gasteiger partial charge >= 0.3 is 12.1 Å². The fourth-order valence-corrected chi connectivity index (χ4v) is 4.29. The van der Waals surface area contributed by atoms with E-state index in [1.54, 1.807) is 0 Å². The van der Waals surface area contributed by atoms with E-state index in [4.69, 9.17) is 4.74 Å². The summed E-state index contributed by atoms with van der Waals surface area (Å²) in [5.41, 5.74) is 0. The molecule has 0 radical (unpaired) electrons. The first-order valence-corrected chi connectivity index (χ1v) is 8.35. The van der Waals surface area contributed by atoms with Crippen LogP contribution in [0.2, 0.25) is 0 Å². The molecule has 8 nitrogen and oxygen atoms in total. The Morgan fingerprint density at radius 3 is 2.48 bits per heavy atom. The van der Waals surface area contributed by atoms with Crippen LogP contribution in [-0.2, 0) is 24.3 Å². The lowest BCUT2D eigenvalue weighted by molar-refractivity contribution is -0.140. The van der Waals surface area contributed by atoms with Gasteiger partial charge in [0.25, 0.3) is 0 Å². The number of rotatable bonds is 5. The summed E-state index contributed by atoms with van der Waals surface area (Å²) in [5, 5.41) is -0.162. The average Bonchev–Trinajstić information content (AvgIpc) is 2.79. The summed E-state index contributed by atoms with van der Waals surface area (Å²) in [6.45, 7) is -0.468. The number of methoxy groups -OCH3 is 2. The van der Waals surface area contributed by atoms with Crippen molar-refractivity contribution < 1.29 is 32.2 Å². The fourth-order valence-electron chi connectivity index (χ4n) is 1.20. The summed E-state index contributed by atoms with van der Waals surface area (Å²) in [7, 11) is -0.571. The van der Waals surface area contributed by atoms with Gasteiger partial charge in [0.1, 0.15) is 11.4 Å². The molecule has 1 rings (SSSR count). The van der Waals surface area contributed by atoms with Crippen molar-refractivity contribution in [2.75, 3.05) is 27.8 Å². The first-order valence-electron chi connectivity index (χ1n) is 5.30. The number of carbonyl (C=O) groups excluding carboxylic acids is 2. The van der Waals surface area contributed by atoms with Crippen molar-refractivity contribution in [3.63, 3.8) is 0 Å². The Hall–Kier alpha value is -1.17. The molecule has 0 aromatic carbocycles. The average molecular weight is 402 g/mol. The van der Waals surface area contributed by atoms with Crippen molar-refractivity contribution in [1.29, 1.82) is 0 Å². The summed E-state index contributed by atoms with van der Waals surface area (Å²) in [6, 6.07) is 1.27. The van der Waals surface area contributed by atoms with Crippen LogP contribution < -0.4 is 4.74 Å². The molecular formula is C10H12BrNO7S2. The molecule has 1 aromatic rings. The van der Waals surface area contributed by atoms with Gasteiger partial charge in [-0.15, -0.1) is 0 Å². The van der Waals surface area contributed by atoms with Crippen LogP contribution >= 0.6 is 27.3 Å². The monoisotopic (exact) mass is 401 g/mol. The highest BCUT2D eigenvalue weighted by atomic mass is 79.9. The van der Waals surface area contributed by atoms with Gasteiger partial charge < -0.3 is 14.2 Å². The van der Waals surface area contributed by atoms with E-state index in [9.17, 15) is 18.0 Å². The Bertz CT molecular complexity index is 640. The number of ether oxygens (including phenoxy) is 3. The summed E-state index contributed by atoms with van der Waals surface area (Å²) in [4.78, 5) is 22.0. The molecule has 21 heavy (non-hydrogen) atoms. The minimum atomic E-state index is -4.03. The fraction of sp³-hybridized carbons (Fsp3) is 0.400. The summed E-state index contributed by atoms with van der Waals surface area (Å²) in [5.74, 6) is -0.717. The first kappa shape index (κ1) is 17.9. The van der Waals surface area contributed by atoms with Crippen LogP contribution in [-0.4, -0.2) is 52.7 Å². The van der Waals surface area contributed by atoms with Crippen molar-refractivity contribution in [3.8, 4) is 5.06 Å². The normalized spacial score (nSPS) is 11.3. The second-order valence-corrected chi connectivity index (χ2v) is 8.00. The molecule has 0 aliphatic carbocycles. The van der Waals surface area contributed by atoms with E-state index in [2.05, 4.69) is 25.4 Å². The van der Waals surface area contributed by atoms with Gasteiger partial charge in [0, 0.05) is 7.05 Å². The Morgan fingerprint density at radius 2 is 1.95 bits per heavy atom. The van der Waals surface area contributed by atoms with Crippen molar-refractivity contribution in [2.45, 2.75) is 4.90 Å². The number of esters is 1. The standard InChI is InChI=1S/C10H12BrNO7S2/c1-12(5-8(13)17-2)21(15,16)6-4-7(11)20-9(6)19-10(14)18-3/h4H,5H2,1-3H3. The highest BCUT2D eigenvalue weighted by Crippen LogP contribution is 2.38. The molecule has 0 spiro atoms. The zero-order chi connectivity index (χ0) is 16.2. The van der Waals surface area contributed by atoms with E-state index < -0.39 is 28.7 Å². The van der Waals surface area contributed by atoms with Gasteiger partial charge in [-0.05, 0) is 22.0 Å². The number of halogens is 1. The van der Waals surface area contributed by atoms with E-state index in [0.717, 1.165) is 29.9 Å². The molecular weight excluding hydrogens is 390 g/mol. The highest BCUT2D eigenvalue weighted by Gasteiger charge is 2.30. The molecule has 0 atom stereocenters. The molecule has 0 saturated heterocycles. The van der Waals surface area contributed by atoms with E-state index in [1.807, 2.05) is 0 Å². The molecule has 0 unspecified atom stereocenters. The van der Waals surface area contributed by atoms with Crippen molar-refractivity contribution >= 4 is 49.4 Å². The van der Waals surface area contributed by atoms with Gasteiger partial charge in [0.05, 0.1) is 18.0 Å². The molecule has 0 bridgehead atoms. The molecule has 0 amide bonds. The van der Waals surface area contributed by atoms with Gasteiger partial charge in [-0.25, -0.2) is 13.2 Å². The third-order valence-corrected chi connectivity index (χ3v) is 5.70. The molecule has 0 fully saturated rings. The molecule has 0 N–H and O–H groups in total. The molecule has 1 heterocycles. The Kier molecular flexibility index (Phi) is 6.13. The number of thiophene rings is 1. The predicted molar refractivity (Wildman–Crippen MR) is 76.9 cm³/mol. The molecule has 1 aromatic heterocycles. The van der Waals surface area contributed by atoms with Crippen molar-refractivity contribution in [3.05, 3.63) is 9.85 Å². The summed E-state index contributed by atoms with van der Waals surface area (Å²) < 4.78 is 39.5. The minimum absolute atomic E-state index is 0.162. The van der Waals surface area contributed by atoms with Crippen LogP contribution in [0.3, 0.4) is 0 Å². The SMILES string of the molecule is COC(=O)CN(C)S(=O)(=O)c1cc(Br)sc1OC(=O)OC. The molecule has 0 aliphatic rings. The molecule has 0 aliphatic heterocycles. The van der Waals surface area contributed by atoms with Gasteiger partial charge in [0.2, 0.25) is 15.1 Å². The lowest BCUT2D eigenvalue weighted by Crippen LogP contribution is -2.32. The second kappa shape index (κ2) is 7.20. The Balaban J connectivity index is 3.13. The maximum atomic E-state index is 12.4. The van der Waals surface area contributed by atoms with Gasteiger partial charge in [-0.2, -0.15) is 4.31 Å². The maximum absolute atomic E-state index is 12.4. The van der Waals surface area contributed by atoms with Crippen LogP contribution in [0.4, 0.5) is 4.79 Å². The largest absolute Gasteiger partial charge is 0.514 e. The van der Waals surface area contributed by atoms with E-state index in [1.165, 1.54) is 13.1 Å². The number of hydrogen-bond donors (Lipinski definition) is 0. The van der Waals surface area contributed by atoms with Crippen LogP contribution in [0.25, 0.3) is 0 Å². The number of hydrogen-bond acceptors (Lipinski definition) is 8. The van der Waals surface area contributed by atoms with Crippen LogP contribution in [0.1, 0.15) is 0 Å². The molecule has 11 heteroatoms. The van der Waals surface area contributed by atoms with E-state index >= 15 is 0 Å². The van der Waals surface area contributed by atoms with Crippen molar-refractivity contribution in [1.82, 2.24) is 4.31 Å². The zero-order valence-corrected chi connectivity index (χ0v) is 14.5. The van der Waals surface area contributed by atoms with E-state index in [0.29, 0.717) is 3.79 Å². The Labute approximate surface area is 133 Å². The zero-order valence-electron chi connectivity index (χ0n) is 11.3. The van der Waals surface area contributed by atoms with Crippen LogP contribution in [0.5, 0.6) is 5.06 Å². The Morgan fingerprint density at radius 1 is 1.33 bits per heavy atom. The topological polar surface area (TPSA) is 99.2 Å². The lowest BCUT2D eigenvalue weighted by Gasteiger charge is -2.15. The lowest BCUT2D eigenvalue weighted by atomic mass is 10.6. The minimum Gasteiger partial charge on any atom is -0.468 e. The number of nitrogens with zero attached hydrogens (tertiary/aromatic N) is 1. The smallest absolute Gasteiger partial charge is 0.468 e. The quantitative estimate of drug-likeness (QED) is 0.688. The highest BCUT2D eigenvalue weighted by molar-refractivity contribution is 9.11. The second-order valence-electron chi connectivity index (χ2n) is 3.60. The first-order chi connectivity index (χ1) is 9.72. The van der Waals surface area contributed by atoms with Crippen LogP contribution in [0.15, 0.2) is 14.7 Å². The van der Waals surface area contributed by atoms with Gasteiger partial charge in [0.15, 0.2) is 0 Å². The maximum Gasteiger partial charge on any atom is 0.514 e.